The number of halogens is 1. The molecule has 0 radical (unpaired) electrons. The van der Waals surface area contributed by atoms with E-state index in [1.54, 1.807) is 5.38 Å². The third-order valence-electron chi connectivity index (χ3n) is 2.29. The van der Waals surface area contributed by atoms with Crippen molar-refractivity contribution in [3.05, 3.63) is 50.9 Å². The fourth-order valence-corrected chi connectivity index (χ4v) is 2.45. The first-order valence-electron chi connectivity index (χ1n) is 5.07. The Morgan fingerprint density at radius 2 is 2.24 bits per heavy atom. The number of benzene rings is 1. The van der Waals surface area contributed by atoms with Crippen molar-refractivity contribution >= 4 is 28.9 Å². The first-order chi connectivity index (χ1) is 8.15. The molecule has 1 heterocycles. The number of nitrogens with zero attached hydrogens (tertiary/aromatic N) is 1. The average Bonchev–Trinajstić information content (AvgIpc) is 2.75. The molecule has 0 fully saturated rings. The number of rotatable bonds is 4. The van der Waals surface area contributed by atoms with Crippen molar-refractivity contribution in [2.24, 2.45) is 0 Å². The lowest BCUT2D eigenvalue weighted by Crippen LogP contribution is -1.97. The standard InChI is InChI=1S/C12H10ClNO2S/c13-9-3-1-2-8(6-9)4-5-11-14-10(7-17-11)12(15)16/h1-3,6-7H,4-5H2,(H,15,16). The Morgan fingerprint density at radius 1 is 1.41 bits per heavy atom. The number of aromatic carboxylic acids is 1. The van der Waals surface area contributed by atoms with Crippen LogP contribution < -0.4 is 0 Å². The van der Waals surface area contributed by atoms with Crippen LogP contribution in [0.1, 0.15) is 21.1 Å². The molecule has 0 aliphatic heterocycles. The summed E-state index contributed by atoms with van der Waals surface area (Å²) in [5, 5.41) is 11.9. The van der Waals surface area contributed by atoms with Gasteiger partial charge in [-0.25, -0.2) is 9.78 Å². The van der Waals surface area contributed by atoms with Crippen LogP contribution in [0.2, 0.25) is 5.02 Å². The first kappa shape index (κ1) is 12.1. The molecule has 0 saturated carbocycles. The van der Waals surface area contributed by atoms with E-state index in [1.165, 1.54) is 11.3 Å². The van der Waals surface area contributed by atoms with Crippen LogP contribution in [0.25, 0.3) is 0 Å². The highest BCUT2D eigenvalue weighted by Crippen LogP contribution is 2.15. The van der Waals surface area contributed by atoms with Crippen molar-refractivity contribution in [1.82, 2.24) is 4.98 Å². The number of carboxylic acids is 1. The summed E-state index contributed by atoms with van der Waals surface area (Å²) in [6.07, 6.45) is 1.55. The highest BCUT2D eigenvalue weighted by Gasteiger charge is 2.08. The molecule has 1 aromatic heterocycles. The Balaban J connectivity index is 2.00. The second kappa shape index (κ2) is 5.29. The molecule has 0 bridgehead atoms. The maximum absolute atomic E-state index is 10.7. The SMILES string of the molecule is O=C(O)c1csc(CCc2cccc(Cl)c2)n1. The van der Waals surface area contributed by atoms with Gasteiger partial charge in [0.05, 0.1) is 5.01 Å². The van der Waals surface area contributed by atoms with E-state index in [0.29, 0.717) is 5.02 Å². The zero-order valence-electron chi connectivity index (χ0n) is 8.89. The lowest BCUT2D eigenvalue weighted by molar-refractivity contribution is 0.0691. The molecule has 0 aliphatic rings. The van der Waals surface area contributed by atoms with Gasteiger partial charge in [0.15, 0.2) is 5.69 Å². The number of carbonyl (C=O) groups is 1. The summed E-state index contributed by atoms with van der Waals surface area (Å²) in [6, 6.07) is 7.64. The van der Waals surface area contributed by atoms with Crippen LogP contribution in [0.3, 0.4) is 0 Å². The van der Waals surface area contributed by atoms with E-state index < -0.39 is 5.97 Å². The third kappa shape index (κ3) is 3.28. The van der Waals surface area contributed by atoms with Gasteiger partial charge in [0.1, 0.15) is 0 Å². The van der Waals surface area contributed by atoms with Gasteiger partial charge in [0.25, 0.3) is 0 Å². The third-order valence-corrected chi connectivity index (χ3v) is 3.43. The highest BCUT2D eigenvalue weighted by atomic mass is 35.5. The summed E-state index contributed by atoms with van der Waals surface area (Å²) in [6.45, 7) is 0. The molecule has 5 heteroatoms. The normalized spacial score (nSPS) is 10.4. The average molecular weight is 268 g/mol. The van der Waals surface area contributed by atoms with Crippen LogP contribution >= 0.6 is 22.9 Å². The fraction of sp³-hybridized carbons (Fsp3) is 0.167. The van der Waals surface area contributed by atoms with Crippen LogP contribution in [-0.4, -0.2) is 16.1 Å². The molecular formula is C12H10ClNO2S. The zero-order chi connectivity index (χ0) is 12.3. The van der Waals surface area contributed by atoms with Gasteiger partial charge in [-0.15, -0.1) is 11.3 Å². The monoisotopic (exact) mass is 267 g/mol. The largest absolute Gasteiger partial charge is 0.476 e. The van der Waals surface area contributed by atoms with Gasteiger partial charge in [-0.05, 0) is 24.1 Å². The van der Waals surface area contributed by atoms with Crippen molar-refractivity contribution in [1.29, 1.82) is 0 Å². The van der Waals surface area contributed by atoms with Crippen molar-refractivity contribution in [2.45, 2.75) is 12.8 Å². The van der Waals surface area contributed by atoms with E-state index in [4.69, 9.17) is 16.7 Å². The summed E-state index contributed by atoms with van der Waals surface area (Å²) < 4.78 is 0. The lowest BCUT2D eigenvalue weighted by atomic mass is 10.1. The van der Waals surface area contributed by atoms with Crippen LogP contribution in [-0.2, 0) is 12.8 Å². The van der Waals surface area contributed by atoms with Crippen LogP contribution in [0.15, 0.2) is 29.6 Å². The topological polar surface area (TPSA) is 50.2 Å². The minimum absolute atomic E-state index is 0.121. The molecule has 88 valence electrons. The van der Waals surface area contributed by atoms with Crippen molar-refractivity contribution in [3.63, 3.8) is 0 Å². The summed E-state index contributed by atoms with van der Waals surface area (Å²) in [7, 11) is 0. The second-order valence-corrected chi connectivity index (χ2v) is 4.94. The van der Waals surface area contributed by atoms with E-state index in [1.807, 2.05) is 24.3 Å². The maximum atomic E-state index is 10.7. The molecule has 3 nitrogen and oxygen atoms in total. The Morgan fingerprint density at radius 3 is 2.88 bits per heavy atom. The predicted molar refractivity (Wildman–Crippen MR) is 67.9 cm³/mol. The Hall–Kier alpha value is -1.39. The molecule has 2 rings (SSSR count). The number of hydrogen-bond donors (Lipinski definition) is 1. The van der Waals surface area contributed by atoms with Crippen molar-refractivity contribution < 1.29 is 9.90 Å². The molecule has 0 spiro atoms. The molecule has 1 aromatic carbocycles. The van der Waals surface area contributed by atoms with Gasteiger partial charge in [-0.2, -0.15) is 0 Å². The minimum atomic E-state index is -0.977. The quantitative estimate of drug-likeness (QED) is 0.925. The summed E-state index contributed by atoms with van der Waals surface area (Å²) in [5.41, 5.74) is 1.25. The van der Waals surface area contributed by atoms with Gasteiger partial charge >= 0.3 is 5.97 Å². The minimum Gasteiger partial charge on any atom is -0.476 e. The summed E-state index contributed by atoms with van der Waals surface area (Å²) in [4.78, 5) is 14.7. The van der Waals surface area contributed by atoms with E-state index in [-0.39, 0.29) is 5.69 Å². The number of thiazole rings is 1. The van der Waals surface area contributed by atoms with Crippen molar-refractivity contribution in [3.8, 4) is 0 Å². The van der Waals surface area contributed by atoms with Gasteiger partial charge in [0, 0.05) is 16.8 Å². The summed E-state index contributed by atoms with van der Waals surface area (Å²) in [5.74, 6) is -0.977. The van der Waals surface area contributed by atoms with E-state index in [0.717, 1.165) is 23.4 Å². The van der Waals surface area contributed by atoms with Crippen molar-refractivity contribution in [2.75, 3.05) is 0 Å². The number of aromatic nitrogens is 1. The zero-order valence-corrected chi connectivity index (χ0v) is 10.5. The molecule has 2 aromatic rings. The van der Waals surface area contributed by atoms with Gasteiger partial charge in [0.2, 0.25) is 0 Å². The van der Waals surface area contributed by atoms with E-state index in [9.17, 15) is 4.79 Å². The molecule has 0 amide bonds. The molecule has 17 heavy (non-hydrogen) atoms. The number of hydrogen-bond acceptors (Lipinski definition) is 3. The van der Waals surface area contributed by atoms with Gasteiger partial charge < -0.3 is 5.11 Å². The predicted octanol–water partition coefficient (Wildman–Crippen LogP) is 3.28. The number of aryl methyl sites for hydroxylation is 2. The molecule has 0 aliphatic carbocycles. The Labute approximate surface area is 108 Å². The smallest absolute Gasteiger partial charge is 0.355 e. The maximum Gasteiger partial charge on any atom is 0.355 e. The van der Waals surface area contributed by atoms with E-state index in [2.05, 4.69) is 4.98 Å². The summed E-state index contributed by atoms with van der Waals surface area (Å²) >= 11 is 7.26. The first-order valence-corrected chi connectivity index (χ1v) is 6.33. The van der Waals surface area contributed by atoms with Crippen LogP contribution in [0.5, 0.6) is 0 Å². The molecule has 0 atom stereocenters. The fourth-order valence-electron chi connectivity index (χ4n) is 1.47. The molecule has 1 N–H and O–H groups in total. The van der Waals surface area contributed by atoms with Gasteiger partial charge in [-0.3, -0.25) is 0 Å². The van der Waals surface area contributed by atoms with Crippen LogP contribution in [0.4, 0.5) is 0 Å². The molecule has 0 unspecified atom stereocenters. The lowest BCUT2D eigenvalue weighted by Gasteiger charge is -1.99. The highest BCUT2D eigenvalue weighted by molar-refractivity contribution is 7.09. The Bertz CT molecular complexity index is 539. The van der Waals surface area contributed by atoms with Crippen LogP contribution in [0, 0.1) is 0 Å². The second-order valence-electron chi connectivity index (χ2n) is 3.56. The number of carboxylic acid groups (broad SMARTS) is 1. The van der Waals surface area contributed by atoms with E-state index >= 15 is 0 Å². The Kier molecular flexibility index (Phi) is 3.76. The van der Waals surface area contributed by atoms with Gasteiger partial charge in [-0.1, -0.05) is 23.7 Å². The molecule has 0 saturated heterocycles. The molecular weight excluding hydrogens is 258 g/mol.